The van der Waals surface area contributed by atoms with Gasteiger partial charge in [-0.1, -0.05) is 56.1 Å². The molecule has 18 nitrogen and oxygen atoms in total. The molecule has 1 aliphatic heterocycles. The largest absolute Gasteiger partial charge is 0.459 e. The van der Waals surface area contributed by atoms with Crippen LogP contribution in [-0.2, 0) is 57.2 Å². The van der Waals surface area contributed by atoms with Gasteiger partial charge in [-0.3, -0.25) is 0 Å². The van der Waals surface area contributed by atoms with Crippen LogP contribution in [0.1, 0.15) is 37.5 Å². The molecule has 0 amide bonds. The summed E-state index contributed by atoms with van der Waals surface area (Å²) >= 11 is 0. The molecule has 1 saturated heterocycles. The molecule has 69 heavy (non-hydrogen) atoms. The molecule has 0 radical (unpaired) electrons. The lowest BCUT2D eigenvalue weighted by molar-refractivity contribution is -0.147. The molecule has 0 unspecified atom stereocenters. The smallest absolute Gasteiger partial charge is 0.349 e. The second kappa shape index (κ2) is 26.1. The van der Waals surface area contributed by atoms with Gasteiger partial charge in [0.25, 0.3) is 0 Å². The van der Waals surface area contributed by atoms with Crippen LogP contribution in [0.5, 0.6) is 0 Å². The van der Waals surface area contributed by atoms with Crippen molar-refractivity contribution >= 4 is 71.1 Å². The maximum absolute atomic E-state index is 12.6. The van der Waals surface area contributed by atoms with E-state index in [4.69, 9.17) is 28.4 Å². The van der Waals surface area contributed by atoms with E-state index in [0.717, 1.165) is 17.1 Å². The van der Waals surface area contributed by atoms with Crippen molar-refractivity contribution in [3.63, 3.8) is 0 Å². The van der Waals surface area contributed by atoms with Crippen LogP contribution in [0.2, 0.25) is 0 Å². The Labute approximate surface area is 399 Å². The minimum absolute atomic E-state index is 0.194. The van der Waals surface area contributed by atoms with Crippen molar-refractivity contribution in [1.82, 2.24) is 0 Å². The number of carbonyl (C=O) groups excluding carboxylic acids is 6. The standard InChI is InChI=1S/C51H48N6O12/c1-34(2)46(58)64-19-22-67-49(61)40(28-52)25-37-7-13-43(14-8-37)55-31-56(44-15-9-38(10-16-44)26-41(29-53)50(62)68-23-20-65-47(59)35(3)4)33-57(32-55)45-17-11-39(12-18-45)27-42(30-54)51(63)69-24-21-66-48(60)36(5)6/h7-18,25-27H,1,3,5,19-24,31-33H2,2,4,6H3/b40-25+,41-26+,42-27+. The number of anilines is 3. The molecule has 0 bridgehead atoms. The Bertz CT molecular complexity index is 2380. The van der Waals surface area contributed by atoms with E-state index in [2.05, 4.69) is 34.4 Å². The third kappa shape index (κ3) is 16.3. The summed E-state index contributed by atoms with van der Waals surface area (Å²) in [7, 11) is 0. The van der Waals surface area contributed by atoms with Gasteiger partial charge in [0.05, 0.1) is 20.0 Å². The average Bonchev–Trinajstić information content (AvgIpc) is 3.35. The third-order valence-corrected chi connectivity index (χ3v) is 9.45. The lowest BCUT2D eigenvalue weighted by Gasteiger charge is -2.45. The first-order valence-corrected chi connectivity index (χ1v) is 20.9. The molecule has 0 aromatic heterocycles. The maximum Gasteiger partial charge on any atom is 0.349 e. The molecular formula is C51H48N6O12. The highest BCUT2D eigenvalue weighted by atomic mass is 16.6. The first-order valence-electron chi connectivity index (χ1n) is 20.9. The molecule has 3 aromatic carbocycles. The lowest BCUT2D eigenvalue weighted by Crippen LogP contribution is -2.55. The van der Waals surface area contributed by atoms with Gasteiger partial charge < -0.3 is 43.1 Å². The summed E-state index contributed by atoms with van der Waals surface area (Å²) in [6.07, 6.45) is 4.14. The Kier molecular flexibility index (Phi) is 19.8. The third-order valence-electron chi connectivity index (χ3n) is 9.45. The zero-order valence-corrected chi connectivity index (χ0v) is 38.2. The molecule has 1 fully saturated rings. The summed E-state index contributed by atoms with van der Waals surface area (Å²) in [5, 5.41) is 29.1. The average molecular weight is 937 g/mol. The van der Waals surface area contributed by atoms with Gasteiger partial charge in [0, 0.05) is 33.8 Å². The van der Waals surface area contributed by atoms with E-state index in [9.17, 15) is 44.6 Å². The number of hydrogen-bond donors (Lipinski definition) is 0. The monoisotopic (exact) mass is 936 g/mol. The molecular weight excluding hydrogens is 889 g/mol. The number of hydrogen-bond acceptors (Lipinski definition) is 18. The van der Waals surface area contributed by atoms with E-state index in [1.54, 1.807) is 36.4 Å². The minimum Gasteiger partial charge on any atom is -0.459 e. The van der Waals surface area contributed by atoms with Crippen LogP contribution in [-0.4, -0.2) is 95.5 Å². The maximum atomic E-state index is 12.6. The van der Waals surface area contributed by atoms with Crippen molar-refractivity contribution in [2.75, 3.05) is 74.3 Å². The van der Waals surface area contributed by atoms with Crippen LogP contribution >= 0.6 is 0 Å². The Morgan fingerprint density at radius 2 is 0.623 bits per heavy atom. The number of nitrogens with zero attached hydrogens (tertiary/aromatic N) is 6. The number of ether oxygens (including phenoxy) is 6. The summed E-state index contributed by atoms with van der Waals surface area (Å²) in [4.78, 5) is 78.9. The number of benzene rings is 3. The SMILES string of the molecule is C=C(C)C(=O)OCCOC(=O)/C(C#N)=C/c1ccc(N2CN(c3ccc(/C=C(\C#N)C(=O)OCCOC(=O)C(=C)C)cc3)CN(c3ccc(/C=C(\C#N)C(=O)OCCOC(=O)C(=C)C)cc3)C2)cc1. The van der Waals surface area contributed by atoms with Gasteiger partial charge in [0.15, 0.2) is 0 Å². The molecule has 0 saturated carbocycles. The summed E-state index contributed by atoms with van der Waals surface area (Å²) in [6, 6.07) is 26.9. The van der Waals surface area contributed by atoms with E-state index in [1.165, 1.54) is 39.0 Å². The van der Waals surface area contributed by atoms with Crippen LogP contribution in [0.15, 0.2) is 126 Å². The second-order valence-corrected chi connectivity index (χ2v) is 15.0. The first-order chi connectivity index (χ1) is 33.0. The molecule has 354 valence electrons. The number of esters is 6. The summed E-state index contributed by atoms with van der Waals surface area (Å²) in [6.45, 7) is 14.7. The molecule has 1 heterocycles. The van der Waals surface area contributed by atoms with Gasteiger partial charge in [0.2, 0.25) is 0 Å². The predicted molar refractivity (Wildman–Crippen MR) is 252 cm³/mol. The number of rotatable bonds is 21. The van der Waals surface area contributed by atoms with Crippen molar-refractivity contribution < 1.29 is 57.2 Å². The molecule has 3 aromatic rings. The highest BCUT2D eigenvalue weighted by Crippen LogP contribution is 2.28. The first kappa shape index (κ1) is 52.4. The Hall–Kier alpha value is -9.21. The molecule has 18 heteroatoms. The Balaban J connectivity index is 1.55. The van der Waals surface area contributed by atoms with Crippen LogP contribution in [0.25, 0.3) is 18.2 Å². The normalized spacial score (nSPS) is 12.5. The second-order valence-electron chi connectivity index (χ2n) is 15.0. The van der Waals surface area contributed by atoms with E-state index in [0.29, 0.717) is 36.7 Å². The van der Waals surface area contributed by atoms with Crippen LogP contribution in [0.4, 0.5) is 17.1 Å². The molecule has 4 rings (SSSR count). The van der Waals surface area contributed by atoms with Gasteiger partial charge in [-0.05, 0) is 92.1 Å². The fraction of sp³-hybridized carbons (Fsp3) is 0.235. The lowest BCUT2D eigenvalue weighted by atomic mass is 10.1. The minimum atomic E-state index is -0.886. The van der Waals surface area contributed by atoms with E-state index in [1.807, 2.05) is 54.6 Å². The zero-order chi connectivity index (χ0) is 50.5. The number of carbonyl (C=O) groups is 6. The van der Waals surface area contributed by atoms with Crippen molar-refractivity contribution in [1.29, 1.82) is 15.8 Å². The van der Waals surface area contributed by atoms with E-state index >= 15 is 0 Å². The number of nitriles is 3. The Morgan fingerprint density at radius 1 is 0.420 bits per heavy atom. The topological polar surface area (TPSA) is 239 Å². The fourth-order valence-electron chi connectivity index (χ4n) is 5.91. The van der Waals surface area contributed by atoms with Gasteiger partial charge in [-0.25, -0.2) is 28.8 Å². The van der Waals surface area contributed by atoms with Crippen molar-refractivity contribution in [2.45, 2.75) is 20.8 Å². The van der Waals surface area contributed by atoms with Gasteiger partial charge in [-0.2, -0.15) is 15.8 Å². The summed E-state index contributed by atoms with van der Waals surface area (Å²) in [5.41, 5.74) is 3.74. The van der Waals surface area contributed by atoms with Gasteiger partial charge in [-0.15, -0.1) is 0 Å². The molecule has 0 N–H and O–H groups in total. The van der Waals surface area contributed by atoms with Gasteiger partial charge >= 0.3 is 35.8 Å². The molecule has 0 spiro atoms. The van der Waals surface area contributed by atoms with Crippen LogP contribution in [0.3, 0.4) is 0 Å². The van der Waals surface area contributed by atoms with Crippen molar-refractivity contribution in [2.24, 2.45) is 0 Å². The summed E-state index contributed by atoms with van der Waals surface area (Å²) in [5.74, 6) is -4.54. The molecule has 0 aliphatic carbocycles. The van der Waals surface area contributed by atoms with E-state index in [-0.39, 0.29) is 73.1 Å². The van der Waals surface area contributed by atoms with Crippen molar-refractivity contribution in [3.05, 3.63) is 143 Å². The predicted octanol–water partition coefficient (Wildman–Crippen LogP) is 6.10. The van der Waals surface area contributed by atoms with E-state index < -0.39 is 35.8 Å². The Morgan fingerprint density at radius 3 is 0.812 bits per heavy atom. The fourth-order valence-corrected chi connectivity index (χ4v) is 5.91. The molecule has 0 atom stereocenters. The van der Waals surface area contributed by atoms with Gasteiger partial charge in [0.1, 0.15) is 74.6 Å². The van der Waals surface area contributed by atoms with Crippen LogP contribution in [0, 0.1) is 34.0 Å². The molecule has 1 aliphatic rings. The highest BCUT2D eigenvalue weighted by molar-refractivity contribution is 5.99. The van der Waals surface area contributed by atoms with Crippen molar-refractivity contribution in [3.8, 4) is 18.2 Å². The highest BCUT2D eigenvalue weighted by Gasteiger charge is 2.25. The summed E-state index contributed by atoms with van der Waals surface area (Å²) < 4.78 is 30.1. The van der Waals surface area contributed by atoms with Crippen LogP contribution < -0.4 is 14.7 Å². The quantitative estimate of drug-likeness (QED) is 0.0385. The zero-order valence-electron chi connectivity index (χ0n) is 38.2.